The minimum atomic E-state index is -0.305. The summed E-state index contributed by atoms with van der Waals surface area (Å²) in [6.07, 6.45) is 2.87. The molecule has 0 unspecified atom stereocenters. The number of aromatic hydroxyl groups is 2. The van der Waals surface area contributed by atoms with E-state index >= 15 is 0 Å². The first-order valence-corrected chi connectivity index (χ1v) is 18.8. The van der Waals surface area contributed by atoms with Crippen LogP contribution >= 0.6 is 21.6 Å². The molecule has 6 nitrogen and oxygen atoms in total. The second-order valence-corrected chi connectivity index (χ2v) is 18.7. The van der Waals surface area contributed by atoms with Gasteiger partial charge < -0.3 is 19.7 Å². The molecule has 0 aliphatic carbocycles. The fraction of sp³-hybridized carbons (Fsp3) is 0.632. The number of benzene rings is 2. The fourth-order valence-electron chi connectivity index (χ4n) is 5.15. The van der Waals surface area contributed by atoms with Crippen molar-refractivity contribution in [1.82, 2.24) is 0 Å². The lowest BCUT2D eigenvalue weighted by atomic mass is 9.78. The van der Waals surface area contributed by atoms with Crippen LogP contribution in [0.1, 0.15) is 129 Å². The van der Waals surface area contributed by atoms with Gasteiger partial charge in [0.2, 0.25) is 0 Å². The number of aryl methyl sites for hydroxylation is 2. The van der Waals surface area contributed by atoms with Crippen molar-refractivity contribution in [3.8, 4) is 11.5 Å². The van der Waals surface area contributed by atoms with Crippen molar-refractivity contribution in [3.05, 3.63) is 57.6 Å². The highest BCUT2D eigenvalue weighted by Gasteiger charge is 2.28. The molecule has 0 amide bonds. The van der Waals surface area contributed by atoms with Crippen LogP contribution in [0.5, 0.6) is 11.5 Å². The lowest BCUT2D eigenvalue weighted by Gasteiger charge is -2.28. The maximum absolute atomic E-state index is 12.2. The number of carbonyl (C=O) groups is 2. The van der Waals surface area contributed by atoms with E-state index in [0.717, 1.165) is 46.2 Å². The van der Waals surface area contributed by atoms with Gasteiger partial charge in [-0.05, 0) is 80.7 Å². The highest BCUT2D eigenvalue weighted by Crippen LogP contribution is 2.41. The summed E-state index contributed by atoms with van der Waals surface area (Å²) in [5, 5.41) is 21.8. The summed E-state index contributed by atoms with van der Waals surface area (Å²) in [6, 6.07) is 8.27. The molecule has 0 bridgehead atoms. The Morgan fingerprint density at radius 2 is 0.804 bits per heavy atom. The van der Waals surface area contributed by atoms with Crippen LogP contribution < -0.4 is 0 Å². The third kappa shape index (κ3) is 12.4. The maximum atomic E-state index is 12.2. The van der Waals surface area contributed by atoms with Crippen LogP contribution in [0.2, 0.25) is 0 Å². The number of ether oxygens (including phenoxy) is 2. The van der Waals surface area contributed by atoms with E-state index in [1.807, 2.05) is 0 Å². The molecule has 2 aromatic carbocycles. The topological polar surface area (TPSA) is 93.1 Å². The highest BCUT2D eigenvalue weighted by atomic mass is 33.1. The molecule has 2 N–H and O–H groups in total. The van der Waals surface area contributed by atoms with Gasteiger partial charge in [0.05, 0.1) is 13.2 Å². The fourth-order valence-corrected chi connectivity index (χ4v) is 6.75. The highest BCUT2D eigenvalue weighted by molar-refractivity contribution is 8.77. The number of hydrogen-bond acceptors (Lipinski definition) is 8. The number of phenols is 2. The van der Waals surface area contributed by atoms with Gasteiger partial charge in [-0.1, -0.05) is 129 Å². The lowest BCUT2D eigenvalue weighted by Crippen LogP contribution is -2.18. The van der Waals surface area contributed by atoms with E-state index in [-0.39, 0.29) is 45.1 Å². The number of phenolic OH excluding ortho intramolecular Hbond substituents is 2. The van der Waals surface area contributed by atoms with Crippen LogP contribution in [0.3, 0.4) is 0 Å². The Morgan fingerprint density at radius 1 is 0.543 bits per heavy atom. The molecule has 8 heteroatoms. The van der Waals surface area contributed by atoms with Crippen LogP contribution in [0.25, 0.3) is 0 Å². The van der Waals surface area contributed by atoms with Gasteiger partial charge in [0.1, 0.15) is 23.0 Å². The van der Waals surface area contributed by atoms with E-state index in [4.69, 9.17) is 9.47 Å². The van der Waals surface area contributed by atoms with Crippen LogP contribution in [-0.4, -0.2) is 46.9 Å². The van der Waals surface area contributed by atoms with Crippen molar-refractivity contribution < 1.29 is 29.3 Å². The molecule has 0 heterocycles. The van der Waals surface area contributed by atoms with Gasteiger partial charge in [0, 0.05) is 0 Å². The van der Waals surface area contributed by atoms with Crippen LogP contribution in [0, 0.1) is 0 Å². The molecular weight excluding hydrogens is 617 g/mol. The summed E-state index contributed by atoms with van der Waals surface area (Å²) in [6.45, 7) is 25.8. The van der Waals surface area contributed by atoms with Gasteiger partial charge in [-0.15, -0.1) is 0 Å². The number of esters is 2. The molecule has 258 valence electrons. The third-order valence-electron chi connectivity index (χ3n) is 7.75. The second-order valence-electron chi connectivity index (χ2n) is 16.3. The first-order chi connectivity index (χ1) is 21.0. The molecule has 2 aromatic rings. The SMILES string of the molecule is CC(C)(C)c1cc(CCCOC(=O)CSSCC(=O)OCCCc2cc(C(C)(C)C)c(O)c(C(C)(C)C)c2)cc(C(C)(C)C)c1O. The van der Waals surface area contributed by atoms with Crippen LogP contribution in [0.15, 0.2) is 24.3 Å². The molecule has 0 spiro atoms. The number of hydrogen-bond donors (Lipinski definition) is 2. The lowest BCUT2D eigenvalue weighted by molar-refractivity contribution is -0.141. The quantitative estimate of drug-likeness (QED) is 0.123. The molecule has 0 radical (unpaired) electrons. The molecule has 0 aliphatic rings. The molecule has 0 saturated heterocycles. The molecule has 0 fully saturated rings. The Morgan fingerprint density at radius 3 is 1.04 bits per heavy atom. The van der Waals surface area contributed by atoms with Crippen molar-refractivity contribution in [2.45, 2.75) is 130 Å². The van der Waals surface area contributed by atoms with E-state index in [2.05, 4.69) is 107 Å². The summed E-state index contributed by atoms with van der Waals surface area (Å²) < 4.78 is 10.8. The Labute approximate surface area is 286 Å². The van der Waals surface area contributed by atoms with E-state index < -0.39 is 0 Å². The zero-order valence-corrected chi connectivity index (χ0v) is 31.9. The molecule has 0 saturated carbocycles. The summed E-state index contributed by atoms with van der Waals surface area (Å²) in [4.78, 5) is 24.5. The van der Waals surface area contributed by atoms with E-state index in [1.54, 1.807) is 0 Å². The molecule has 0 aliphatic heterocycles. The minimum absolute atomic E-state index is 0.159. The number of rotatable bonds is 13. The maximum Gasteiger partial charge on any atom is 0.316 e. The zero-order valence-electron chi connectivity index (χ0n) is 30.3. The first-order valence-electron chi connectivity index (χ1n) is 16.3. The van der Waals surface area contributed by atoms with Crippen molar-refractivity contribution in [2.24, 2.45) is 0 Å². The Bertz CT molecular complexity index is 1160. The smallest absolute Gasteiger partial charge is 0.316 e. The van der Waals surface area contributed by atoms with Crippen molar-refractivity contribution in [3.63, 3.8) is 0 Å². The minimum Gasteiger partial charge on any atom is -0.507 e. The van der Waals surface area contributed by atoms with Crippen LogP contribution in [-0.2, 0) is 53.6 Å². The van der Waals surface area contributed by atoms with E-state index in [1.165, 1.54) is 21.6 Å². The van der Waals surface area contributed by atoms with Gasteiger partial charge in [-0.25, -0.2) is 0 Å². The Balaban J connectivity index is 1.72. The zero-order chi connectivity index (χ0) is 35.1. The molecule has 0 atom stereocenters. The summed E-state index contributed by atoms with van der Waals surface area (Å²) in [5.41, 5.74) is 5.23. The van der Waals surface area contributed by atoms with Gasteiger partial charge in [0.25, 0.3) is 0 Å². The monoisotopic (exact) mass is 674 g/mol. The average Bonchev–Trinajstić information content (AvgIpc) is 2.90. The summed E-state index contributed by atoms with van der Waals surface area (Å²) in [7, 11) is 2.58. The van der Waals surface area contributed by atoms with E-state index in [9.17, 15) is 19.8 Å². The normalized spacial score (nSPS) is 12.7. The Kier molecular flexibility index (Phi) is 14.0. The van der Waals surface area contributed by atoms with Gasteiger partial charge in [-0.3, -0.25) is 9.59 Å². The third-order valence-corrected chi connectivity index (χ3v) is 9.83. The molecular formula is C38H58O6S2. The predicted molar refractivity (Wildman–Crippen MR) is 194 cm³/mol. The van der Waals surface area contributed by atoms with E-state index in [0.29, 0.717) is 37.6 Å². The standard InChI is InChI=1S/C38H58O6S2/c1-35(2,3)27-19-25(20-28(33(27)41)36(4,5)6)15-13-17-43-31(39)23-45-46-24-32(40)44-18-14-16-26-21-29(37(7,8)9)34(42)30(22-26)38(10,11)12/h19-22,41-42H,13-18,23-24H2,1-12H3. The first kappa shape index (κ1) is 39.9. The molecule has 0 aromatic heterocycles. The number of carbonyl (C=O) groups excluding carboxylic acids is 2. The average molecular weight is 675 g/mol. The molecule has 46 heavy (non-hydrogen) atoms. The predicted octanol–water partition coefficient (Wildman–Crippen LogP) is 9.32. The van der Waals surface area contributed by atoms with Crippen molar-refractivity contribution in [2.75, 3.05) is 24.7 Å². The van der Waals surface area contributed by atoms with Crippen molar-refractivity contribution >= 4 is 33.5 Å². The van der Waals surface area contributed by atoms with Gasteiger partial charge >= 0.3 is 11.9 Å². The largest absolute Gasteiger partial charge is 0.507 e. The summed E-state index contributed by atoms with van der Waals surface area (Å²) in [5.74, 6) is 0.444. The van der Waals surface area contributed by atoms with Gasteiger partial charge in [0.15, 0.2) is 0 Å². The Hall–Kier alpha value is -2.32. The van der Waals surface area contributed by atoms with Crippen LogP contribution in [0.4, 0.5) is 0 Å². The van der Waals surface area contributed by atoms with Crippen molar-refractivity contribution in [1.29, 1.82) is 0 Å². The van der Waals surface area contributed by atoms with Gasteiger partial charge in [-0.2, -0.15) is 0 Å². The molecule has 2 rings (SSSR count). The second kappa shape index (κ2) is 16.2. The summed E-state index contributed by atoms with van der Waals surface area (Å²) >= 11 is 0.